The summed E-state index contributed by atoms with van der Waals surface area (Å²) in [6.45, 7) is 0. The molecule has 0 radical (unpaired) electrons. The van der Waals surface area contributed by atoms with Crippen LogP contribution < -0.4 is 9.80 Å². The molecule has 4 aromatic heterocycles. The summed E-state index contributed by atoms with van der Waals surface area (Å²) in [6, 6.07) is 65.2. The van der Waals surface area contributed by atoms with E-state index in [1.54, 1.807) is 0 Å². The van der Waals surface area contributed by atoms with Gasteiger partial charge >= 0.3 is 0 Å². The van der Waals surface area contributed by atoms with Gasteiger partial charge in [0.25, 0.3) is 0 Å². The van der Waals surface area contributed by atoms with E-state index in [2.05, 4.69) is 128 Å². The Labute approximate surface area is 342 Å². The van der Waals surface area contributed by atoms with Gasteiger partial charge in [-0.3, -0.25) is 0 Å². The van der Waals surface area contributed by atoms with Crippen molar-refractivity contribution in [2.24, 2.45) is 0 Å². The van der Waals surface area contributed by atoms with Crippen LogP contribution in [0.2, 0.25) is 0 Å². The van der Waals surface area contributed by atoms with Crippen LogP contribution in [0.3, 0.4) is 0 Å². The lowest BCUT2D eigenvalue weighted by atomic mass is 10.0. The zero-order valence-electron chi connectivity index (χ0n) is 32.0. The van der Waals surface area contributed by atoms with E-state index in [1.807, 2.05) is 60.7 Å². The predicted octanol–water partition coefficient (Wildman–Crippen LogP) is 15.2. The number of anilines is 6. The Bertz CT molecular complexity index is 3530. The quantitative estimate of drug-likeness (QED) is 0.167. The third-order valence-corrected chi connectivity index (χ3v) is 12.4. The maximum absolute atomic E-state index is 14.3. The van der Waals surface area contributed by atoms with Gasteiger partial charge in [-0.05, 0) is 109 Å². The van der Waals surface area contributed by atoms with Crippen LogP contribution in [0, 0.1) is 11.6 Å². The first-order chi connectivity index (χ1) is 29.6. The zero-order chi connectivity index (χ0) is 39.6. The fraction of sp³-hybridized carbons (Fsp3) is 0. The standard InChI is InChI=1S/C54H32F2N4/c55-33-19-23-37(24-20-33)57(35-11-3-1-4-12-35)47-29-27-39-43-31-50-44(32-49(43)59-45-17-9-7-15-41(45)51(47)53(39)59)40-28-30-48(52-42-16-8-10-18-46(42)60(50)54(40)52)58(36-13-5-2-6-14-36)38-25-21-34(56)22-26-38/h1-32H. The van der Waals surface area contributed by atoms with Crippen molar-refractivity contribution in [1.82, 2.24) is 8.80 Å². The number of para-hydroxylation sites is 4. The summed E-state index contributed by atoms with van der Waals surface area (Å²) in [5.74, 6) is -0.533. The van der Waals surface area contributed by atoms with Crippen molar-refractivity contribution in [3.63, 3.8) is 0 Å². The lowest BCUT2D eigenvalue weighted by Gasteiger charge is -2.26. The Balaban J connectivity index is 1.13. The van der Waals surface area contributed by atoms with Crippen LogP contribution >= 0.6 is 0 Å². The molecule has 0 fully saturated rings. The van der Waals surface area contributed by atoms with Gasteiger partial charge in [-0.15, -0.1) is 0 Å². The van der Waals surface area contributed by atoms with E-state index in [1.165, 1.54) is 45.8 Å². The molecular formula is C54H32F2N4. The number of aromatic nitrogens is 2. The number of fused-ring (bicyclic) bond motifs is 12. The predicted molar refractivity (Wildman–Crippen MR) is 245 cm³/mol. The van der Waals surface area contributed by atoms with Crippen LogP contribution in [0.15, 0.2) is 194 Å². The molecule has 0 N–H and O–H groups in total. The van der Waals surface area contributed by atoms with Crippen molar-refractivity contribution in [2.75, 3.05) is 9.80 Å². The molecular weight excluding hydrogens is 743 g/mol. The summed E-state index contributed by atoms with van der Waals surface area (Å²) in [5.41, 5.74) is 12.7. The van der Waals surface area contributed by atoms with Gasteiger partial charge in [0.05, 0.1) is 44.5 Å². The Hall–Kier alpha value is -7.96. The van der Waals surface area contributed by atoms with Crippen LogP contribution in [0.25, 0.3) is 76.2 Å². The first kappa shape index (κ1) is 33.1. The van der Waals surface area contributed by atoms with E-state index in [9.17, 15) is 8.78 Å². The minimum atomic E-state index is -0.266. The fourth-order valence-corrected chi connectivity index (χ4v) is 10.0. The summed E-state index contributed by atoms with van der Waals surface area (Å²) < 4.78 is 33.5. The van der Waals surface area contributed by atoms with Crippen LogP contribution in [0.5, 0.6) is 0 Å². The molecule has 282 valence electrons. The van der Waals surface area contributed by atoms with Crippen molar-refractivity contribution in [3.8, 4) is 0 Å². The Kier molecular flexibility index (Phi) is 6.76. The van der Waals surface area contributed by atoms with Crippen LogP contribution in [0.1, 0.15) is 0 Å². The second-order valence-corrected chi connectivity index (χ2v) is 15.6. The molecule has 13 rings (SSSR count). The second kappa shape index (κ2) is 12.3. The van der Waals surface area contributed by atoms with Crippen LogP contribution in [0.4, 0.5) is 42.9 Å². The highest BCUT2D eigenvalue weighted by atomic mass is 19.1. The van der Waals surface area contributed by atoms with Gasteiger partial charge in [-0.2, -0.15) is 0 Å². The molecule has 60 heavy (non-hydrogen) atoms. The van der Waals surface area contributed by atoms with Crippen molar-refractivity contribution < 1.29 is 8.78 Å². The van der Waals surface area contributed by atoms with Gasteiger partial charge in [0, 0.05) is 65.8 Å². The number of hydrogen-bond donors (Lipinski definition) is 0. The molecule has 0 amide bonds. The summed E-state index contributed by atoms with van der Waals surface area (Å²) in [7, 11) is 0. The first-order valence-electron chi connectivity index (χ1n) is 20.2. The number of benzene rings is 9. The molecule has 0 unspecified atom stereocenters. The third kappa shape index (κ3) is 4.47. The minimum absolute atomic E-state index is 0.266. The molecule has 0 saturated carbocycles. The average Bonchev–Trinajstić information content (AvgIpc) is 4.02. The van der Waals surface area contributed by atoms with E-state index >= 15 is 0 Å². The number of nitrogens with zero attached hydrogens (tertiary/aromatic N) is 4. The summed E-state index contributed by atoms with van der Waals surface area (Å²) >= 11 is 0. The van der Waals surface area contributed by atoms with Gasteiger partial charge in [-0.25, -0.2) is 8.78 Å². The lowest BCUT2D eigenvalue weighted by Crippen LogP contribution is -2.10. The van der Waals surface area contributed by atoms with Gasteiger partial charge in [-0.1, -0.05) is 84.9 Å². The van der Waals surface area contributed by atoms with Gasteiger partial charge in [0.2, 0.25) is 0 Å². The fourth-order valence-electron chi connectivity index (χ4n) is 10.0. The monoisotopic (exact) mass is 774 g/mol. The highest BCUT2D eigenvalue weighted by Gasteiger charge is 2.27. The van der Waals surface area contributed by atoms with Crippen LogP contribution in [-0.2, 0) is 0 Å². The highest BCUT2D eigenvalue weighted by Crippen LogP contribution is 2.51. The van der Waals surface area contributed by atoms with Gasteiger partial charge in [0.15, 0.2) is 0 Å². The highest BCUT2D eigenvalue weighted by molar-refractivity contribution is 6.32. The molecule has 0 atom stereocenters. The SMILES string of the molecule is Fc1ccc(N(c2ccccc2)c2ccc3c4cc5c(cc4n4c6ccccc6c2c34)c2ccc(N(c3ccccc3)c3ccc(F)cc3)c3c4ccccc4n5c23)cc1. The summed E-state index contributed by atoms with van der Waals surface area (Å²) in [5, 5.41) is 9.30. The molecule has 9 aromatic carbocycles. The number of rotatable bonds is 6. The zero-order valence-corrected chi connectivity index (χ0v) is 32.0. The van der Waals surface area contributed by atoms with E-state index in [0.29, 0.717) is 0 Å². The Morgan fingerprint density at radius 3 is 1.08 bits per heavy atom. The largest absolute Gasteiger partial charge is 0.310 e. The van der Waals surface area contributed by atoms with Crippen LogP contribution in [-0.4, -0.2) is 8.80 Å². The molecule has 6 heteroatoms. The summed E-state index contributed by atoms with van der Waals surface area (Å²) in [6.07, 6.45) is 0. The maximum Gasteiger partial charge on any atom is 0.123 e. The molecule has 0 aliphatic rings. The number of halogens is 2. The molecule has 0 saturated heterocycles. The molecule has 0 aliphatic heterocycles. The normalized spacial score (nSPS) is 12.2. The maximum atomic E-state index is 14.3. The number of hydrogen-bond acceptors (Lipinski definition) is 2. The van der Waals surface area contributed by atoms with Crippen molar-refractivity contribution in [1.29, 1.82) is 0 Å². The van der Waals surface area contributed by atoms with Crippen molar-refractivity contribution >= 4 is 110 Å². The van der Waals surface area contributed by atoms with E-state index in [-0.39, 0.29) is 11.6 Å². The van der Waals surface area contributed by atoms with E-state index < -0.39 is 0 Å². The molecule has 0 spiro atoms. The average molecular weight is 775 g/mol. The summed E-state index contributed by atoms with van der Waals surface area (Å²) in [4.78, 5) is 4.47. The van der Waals surface area contributed by atoms with Gasteiger partial charge < -0.3 is 18.6 Å². The molecule has 13 aromatic rings. The van der Waals surface area contributed by atoms with Gasteiger partial charge in [0.1, 0.15) is 11.6 Å². The van der Waals surface area contributed by atoms with E-state index in [4.69, 9.17) is 0 Å². The Morgan fingerprint density at radius 1 is 0.300 bits per heavy atom. The lowest BCUT2D eigenvalue weighted by molar-refractivity contribution is 0.627. The van der Waals surface area contributed by atoms with Crippen molar-refractivity contribution in [3.05, 3.63) is 206 Å². The first-order valence-corrected chi connectivity index (χ1v) is 20.2. The molecule has 4 heterocycles. The molecule has 4 nitrogen and oxygen atoms in total. The molecule has 0 aliphatic carbocycles. The smallest absolute Gasteiger partial charge is 0.123 e. The third-order valence-electron chi connectivity index (χ3n) is 12.4. The van der Waals surface area contributed by atoms with E-state index in [0.717, 1.165) is 88.8 Å². The Morgan fingerprint density at radius 2 is 0.667 bits per heavy atom. The van der Waals surface area contributed by atoms with Crippen molar-refractivity contribution in [2.45, 2.75) is 0 Å². The second-order valence-electron chi connectivity index (χ2n) is 15.6. The minimum Gasteiger partial charge on any atom is -0.310 e. The molecule has 0 bridgehead atoms. The topological polar surface area (TPSA) is 15.3 Å².